The predicted octanol–water partition coefficient (Wildman–Crippen LogP) is 3.30. The summed E-state index contributed by atoms with van der Waals surface area (Å²) in [6, 6.07) is 0.392. The molecule has 2 unspecified atom stereocenters. The second kappa shape index (κ2) is 6.04. The molecule has 0 bridgehead atoms. The molecule has 2 heterocycles. The van der Waals surface area contributed by atoms with Crippen LogP contribution >= 0.6 is 0 Å². The summed E-state index contributed by atoms with van der Waals surface area (Å²) in [6.45, 7) is 3.41. The molecular formula is C15H26N4. The van der Waals surface area contributed by atoms with Gasteiger partial charge in [-0.3, -0.25) is 5.10 Å². The van der Waals surface area contributed by atoms with Crippen molar-refractivity contribution >= 4 is 0 Å². The van der Waals surface area contributed by atoms with Crippen LogP contribution in [0.2, 0.25) is 0 Å². The fourth-order valence-corrected chi connectivity index (χ4v) is 3.56. The molecule has 3 rings (SSSR count). The first-order chi connectivity index (χ1) is 9.36. The molecule has 0 radical (unpaired) electrons. The first-order valence-electron chi connectivity index (χ1n) is 8.02. The average molecular weight is 262 g/mol. The van der Waals surface area contributed by atoms with Crippen LogP contribution in [0.3, 0.4) is 0 Å². The molecule has 0 spiro atoms. The number of aromatic nitrogens is 3. The molecule has 106 valence electrons. The van der Waals surface area contributed by atoms with Crippen molar-refractivity contribution in [1.82, 2.24) is 20.5 Å². The Morgan fingerprint density at radius 3 is 2.79 bits per heavy atom. The third-order valence-electron chi connectivity index (χ3n) is 4.91. The van der Waals surface area contributed by atoms with Gasteiger partial charge in [0, 0.05) is 5.92 Å². The Morgan fingerprint density at radius 1 is 1.16 bits per heavy atom. The topological polar surface area (TPSA) is 53.6 Å². The smallest absolute Gasteiger partial charge is 0.153 e. The third-order valence-corrected chi connectivity index (χ3v) is 4.91. The maximum absolute atomic E-state index is 4.80. The number of nitrogens with one attached hydrogen (secondary N) is 2. The number of hydrogen-bond donors (Lipinski definition) is 2. The molecule has 2 fully saturated rings. The Kier molecular flexibility index (Phi) is 4.16. The van der Waals surface area contributed by atoms with Gasteiger partial charge in [-0.05, 0) is 38.1 Å². The summed E-state index contributed by atoms with van der Waals surface area (Å²) in [7, 11) is 0. The first-order valence-corrected chi connectivity index (χ1v) is 8.02. The molecule has 2 atom stereocenters. The summed E-state index contributed by atoms with van der Waals surface area (Å²) in [6.07, 6.45) is 10.4. The molecule has 1 aliphatic heterocycles. The minimum Gasteiger partial charge on any atom is -0.307 e. The zero-order chi connectivity index (χ0) is 13.1. The molecule has 1 aliphatic carbocycles. The van der Waals surface area contributed by atoms with Gasteiger partial charge in [-0.15, -0.1) is 0 Å². The molecule has 1 aromatic heterocycles. The molecule has 4 nitrogen and oxygen atoms in total. The molecule has 1 aromatic rings. The molecule has 19 heavy (non-hydrogen) atoms. The van der Waals surface area contributed by atoms with Crippen LogP contribution in [-0.4, -0.2) is 21.7 Å². The van der Waals surface area contributed by atoms with Gasteiger partial charge in [-0.2, -0.15) is 5.10 Å². The van der Waals surface area contributed by atoms with Crippen LogP contribution in [0.1, 0.15) is 81.9 Å². The van der Waals surface area contributed by atoms with Gasteiger partial charge < -0.3 is 5.32 Å². The van der Waals surface area contributed by atoms with E-state index in [9.17, 15) is 0 Å². The van der Waals surface area contributed by atoms with E-state index in [2.05, 4.69) is 22.4 Å². The van der Waals surface area contributed by atoms with Gasteiger partial charge in [-0.1, -0.05) is 32.6 Å². The SMILES string of the molecule is CCC1CCNC(c2nc(C3CCCCC3)n[nH]2)C1. The maximum Gasteiger partial charge on any atom is 0.153 e. The summed E-state index contributed by atoms with van der Waals surface area (Å²) < 4.78 is 0. The van der Waals surface area contributed by atoms with E-state index >= 15 is 0 Å². The van der Waals surface area contributed by atoms with Crippen LogP contribution in [0.25, 0.3) is 0 Å². The van der Waals surface area contributed by atoms with Gasteiger partial charge in [0.2, 0.25) is 0 Å². The van der Waals surface area contributed by atoms with Crippen molar-refractivity contribution in [1.29, 1.82) is 0 Å². The fourth-order valence-electron chi connectivity index (χ4n) is 3.56. The lowest BCUT2D eigenvalue weighted by Gasteiger charge is -2.28. The minimum atomic E-state index is 0.392. The maximum atomic E-state index is 4.80. The van der Waals surface area contributed by atoms with E-state index in [1.165, 1.54) is 51.4 Å². The average Bonchev–Trinajstić information content (AvgIpc) is 2.98. The zero-order valence-electron chi connectivity index (χ0n) is 12.0. The number of aromatic amines is 1. The van der Waals surface area contributed by atoms with Gasteiger partial charge >= 0.3 is 0 Å². The summed E-state index contributed by atoms with van der Waals surface area (Å²) in [5.74, 6) is 3.58. The molecule has 0 aromatic carbocycles. The number of nitrogens with zero attached hydrogens (tertiary/aromatic N) is 2. The lowest BCUT2D eigenvalue weighted by Crippen LogP contribution is -2.32. The van der Waals surface area contributed by atoms with Crippen molar-refractivity contribution in [2.75, 3.05) is 6.54 Å². The van der Waals surface area contributed by atoms with Crippen LogP contribution in [0, 0.1) is 5.92 Å². The number of piperidine rings is 1. The van der Waals surface area contributed by atoms with Crippen molar-refractivity contribution in [2.24, 2.45) is 5.92 Å². The van der Waals surface area contributed by atoms with Crippen molar-refractivity contribution in [3.8, 4) is 0 Å². The summed E-state index contributed by atoms with van der Waals surface area (Å²) in [4.78, 5) is 4.80. The third kappa shape index (κ3) is 2.99. The molecular weight excluding hydrogens is 236 g/mol. The predicted molar refractivity (Wildman–Crippen MR) is 76.0 cm³/mol. The summed E-state index contributed by atoms with van der Waals surface area (Å²) in [5.41, 5.74) is 0. The Hall–Kier alpha value is -0.900. The van der Waals surface area contributed by atoms with Crippen LogP contribution in [0.15, 0.2) is 0 Å². The second-order valence-electron chi connectivity index (χ2n) is 6.22. The van der Waals surface area contributed by atoms with Crippen molar-refractivity contribution in [2.45, 2.75) is 70.3 Å². The highest BCUT2D eigenvalue weighted by molar-refractivity contribution is 5.03. The highest BCUT2D eigenvalue weighted by atomic mass is 15.2. The van der Waals surface area contributed by atoms with Crippen LogP contribution in [0.4, 0.5) is 0 Å². The highest BCUT2D eigenvalue weighted by Crippen LogP contribution is 2.32. The molecule has 0 amide bonds. The Bertz CT molecular complexity index is 395. The summed E-state index contributed by atoms with van der Waals surface area (Å²) in [5, 5.41) is 11.3. The quantitative estimate of drug-likeness (QED) is 0.878. The number of hydrogen-bond acceptors (Lipinski definition) is 3. The van der Waals surface area contributed by atoms with E-state index in [0.717, 1.165) is 24.1 Å². The Morgan fingerprint density at radius 2 is 2.00 bits per heavy atom. The van der Waals surface area contributed by atoms with Gasteiger partial charge in [0.05, 0.1) is 6.04 Å². The molecule has 2 N–H and O–H groups in total. The normalized spacial score (nSPS) is 29.5. The van der Waals surface area contributed by atoms with Crippen molar-refractivity contribution in [3.05, 3.63) is 11.6 Å². The standard InChI is InChI=1S/C15H26N4/c1-2-11-8-9-16-13(10-11)15-17-14(18-19-15)12-6-4-3-5-7-12/h11-13,16H,2-10H2,1H3,(H,17,18,19). The number of rotatable bonds is 3. The molecule has 1 saturated heterocycles. The van der Waals surface area contributed by atoms with Gasteiger partial charge in [0.1, 0.15) is 5.82 Å². The van der Waals surface area contributed by atoms with Crippen LogP contribution < -0.4 is 5.32 Å². The van der Waals surface area contributed by atoms with Gasteiger partial charge in [-0.25, -0.2) is 4.98 Å². The van der Waals surface area contributed by atoms with E-state index < -0.39 is 0 Å². The molecule has 1 saturated carbocycles. The minimum absolute atomic E-state index is 0.392. The van der Waals surface area contributed by atoms with Gasteiger partial charge in [0.25, 0.3) is 0 Å². The van der Waals surface area contributed by atoms with E-state index in [4.69, 9.17) is 4.98 Å². The number of H-pyrrole nitrogens is 1. The first kappa shape index (κ1) is 13.1. The summed E-state index contributed by atoms with van der Waals surface area (Å²) >= 11 is 0. The van der Waals surface area contributed by atoms with E-state index in [0.29, 0.717) is 12.0 Å². The highest BCUT2D eigenvalue weighted by Gasteiger charge is 2.26. The molecule has 4 heteroatoms. The van der Waals surface area contributed by atoms with Crippen molar-refractivity contribution < 1.29 is 0 Å². The Balaban J connectivity index is 1.66. The fraction of sp³-hybridized carbons (Fsp3) is 0.867. The lowest BCUT2D eigenvalue weighted by molar-refractivity contribution is 0.291. The Labute approximate surface area is 115 Å². The van der Waals surface area contributed by atoms with Crippen LogP contribution in [-0.2, 0) is 0 Å². The van der Waals surface area contributed by atoms with Crippen molar-refractivity contribution in [3.63, 3.8) is 0 Å². The lowest BCUT2D eigenvalue weighted by atomic mass is 9.88. The largest absolute Gasteiger partial charge is 0.307 e. The molecule has 2 aliphatic rings. The monoisotopic (exact) mass is 262 g/mol. The van der Waals surface area contributed by atoms with E-state index in [1.807, 2.05) is 0 Å². The van der Waals surface area contributed by atoms with Crippen LogP contribution in [0.5, 0.6) is 0 Å². The zero-order valence-corrected chi connectivity index (χ0v) is 12.0. The van der Waals surface area contributed by atoms with E-state index in [1.54, 1.807) is 0 Å². The second-order valence-corrected chi connectivity index (χ2v) is 6.22. The van der Waals surface area contributed by atoms with Gasteiger partial charge in [0.15, 0.2) is 5.82 Å². The van der Waals surface area contributed by atoms with E-state index in [-0.39, 0.29) is 0 Å².